The standard InChI is InChI=1S/C15H14BrClO2/c16-12-2-4-14(5-3-12)19-15-8-6-13(7-9-15)18-11-1-10-17/h2-9H,1,10-11H2. The molecule has 0 unspecified atom stereocenters. The second-order valence-corrected chi connectivity index (χ2v) is 5.21. The van der Waals surface area contributed by atoms with Crippen LogP contribution in [0.5, 0.6) is 17.2 Å². The first-order valence-electron chi connectivity index (χ1n) is 6.00. The lowest BCUT2D eigenvalue weighted by Crippen LogP contribution is -1.97. The molecule has 0 aliphatic heterocycles. The quantitative estimate of drug-likeness (QED) is 0.528. The SMILES string of the molecule is ClCCCOc1ccc(Oc2ccc(Br)cc2)cc1. The molecule has 0 fully saturated rings. The maximum atomic E-state index is 5.72. The molecule has 0 amide bonds. The third kappa shape index (κ3) is 4.77. The van der Waals surface area contributed by atoms with Crippen LogP contribution in [0.4, 0.5) is 0 Å². The van der Waals surface area contributed by atoms with Crippen molar-refractivity contribution in [1.82, 2.24) is 0 Å². The molecule has 0 heterocycles. The summed E-state index contributed by atoms with van der Waals surface area (Å²) in [6, 6.07) is 15.3. The average molecular weight is 342 g/mol. The molecule has 100 valence electrons. The molecule has 0 saturated carbocycles. The van der Waals surface area contributed by atoms with Crippen LogP contribution in [0.15, 0.2) is 53.0 Å². The van der Waals surface area contributed by atoms with E-state index in [-0.39, 0.29) is 0 Å². The molecule has 0 N–H and O–H groups in total. The second kappa shape index (κ2) is 7.41. The third-order valence-corrected chi connectivity index (χ3v) is 3.22. The summed E-state index contributed by atoms with van der Waals surface area (Å²) in [7, 11) is 0. The van der Waals surface area contributed by atoms with Crippen LogP contribution in [-0.2, 0) is 0 Å². The van der Waals surface area contributed by atoms with Crippen LogP contribution in [0.3, 0.4) is 0 Å². The topological polar surface area (TPSA) is 18.5 Å². The summed E-state index contributed by atoms with van der Waals surface area (Å²) in [5.74, 6) is 3.03. The molecule has 2 nitrogen and oxygen atoms in total. The van der Waals surface area contributed by atoms with Crippen molar-refractivity contribution >= 4 is 27.5 Å². The van der Waals surface area contributed by atoms with Gasteiger partial charge in [-0.2, -0.15) is 0 Å². The Kier molecular flexibility index (Phi) is 5.55. The van der Waals surface area contributed by atoms with Gasteiger partial charge in [0.2, 0.25) is 0 Å². The molecule has 2 aromatic carbocycles. The van der Waals surface area contributed by atoms with E-state index in [9.17, 15) is 0 Å². The number of hydrogen-bond acceptors (Lipinski definition) is 2. The number of rotatable bonds is 6. The Morgan fingerprint density at radius 2 is 1.37 bits per heavy atom. The molecule has 19 heavy (non-hydrogen) atoms. The summed E-state index contributed by atoms with van der Waals surface area (Å²) in [4.78, 5) is 0. The fourth-order valence-corrected chi connectivity index (χ4v) is 1.86. The van der Waals surface area contributed by atoms with E-state index in [2.05, 4.69) is 15.9 Å². The van der Waals surface area contributed by atoms with Gasteiger partial charge in [0.25, 0.3) is 0 Å². The van der Waals surface area contributed by atoms with Crippen LogP contribution in [-0.4, -0.2) is 12.5 Å². The molecule has 0 bridgehead atoms. The summed E-state index contributed by atoms with van der Waals surface area (Å²) in [5, 5.41) is 0. The highest BCUT2D eigenvalue weighted by Crippen LogP contribution is 2.25. The third-order valence-electron chi connectivity index (χ3n) is 2.42. The van der Waals surface area contributed by atoms with Gasteiger partial charge in [-0.15, -0.1) is 11.6 Å². The van der Waals surface area contributed by atoms with Crippen molar-refractivity contribution in [3.05, 3.63) is 53.0 Å². The van der Waals surface area contributed by atoms with E-state index in [1.807, 2.05) is 48.5 Å². The highest BCUT2D eigenvalue weighted by atomic mass is 79.9. The van der Waals surface area contributed by atoms with Gasteiger partial charge in [-0.05, 0) is 55.0 Å². The second-order valence-electron chi connectivity index (χ2n) is 3.92. The molecule has 2 aromatic rings. The molecular formula is C15H14BrClO2. The normalized spacial score (nSPS) is 10.2. The Balaban J connectivity index is 1.92. The smallest absolute Gasteiger partial charge is 0.127 e. The van der Waals surface area contributed by atoms with Crippen molar-refractivity contribution in [1.29, 1.82) is 0 Å². The predicted molar refractivity (Wildman–Crippen MR) is 81.5 cm³/mol. The molecular weight excluding hydrogens is 328 g/mol. The number of halogens is 2. The van der Waals surface area contributed by atoms with Gasteiger partial charge in [0, 0.05) is 10.4 Å². The first-order valence-corrected chi connectivity index (χ1v) is 7.33. The lowest BCUT2D eigenvalue weighted by molar-refractivity contribution is 0.318. The van der Waals surface area contributed by atoms with E-state index in [0.29, 0.717) is 12.5 Å². The number of ether oxygens (including phenoxy) is 2. The monoisotopic (exact) mass is 340 g/mol. The zero-order valence-corrected chi connectivity index (χ0v) is 12.7. The Labute approximate surface area is 126 Å². The van der Waals surface area contributed by atoms with Crippen molar-refractivity contribution in [2.24, 2.45) is 0 Å². The summed E-state index contributed by atoms with van der Waals surface area (Å²) >= 11 is 8.98. The summed E-state index contributed by atoms with van der Waals surface area (Å²) < 4.78 is 12.3. The molecule has 0 aliphatic rings. The minimum Gasteiger partial charge on any atom is -0.494 e. The van der Waals surface area contributed by atoms with E-state index < -0.39 is 0 Å². The molecule has 0 radical (unpaired) electrons. The Bertz CT molecular complexity index is 497. The lowest BCUT2D eigenvalue weighted by atomic mass is 10.3. The van der Waals surface area contributed by atoms with Crippen molar-refractivity contribution in [3.63, 3.8) is 0 Å². The van der Waals surface area contributed by atoms with E-state index in [1.54, 1.807) is 0 Å². The zero-order chi connectivity index (χ0) is 13.5. The summed E-state index contributed by atoms with van der Waals surface area (Å²) in [6.07, 6.45) is 0.846. The van der Waals surface area contributed by atoms with E-state index in [4.69, 9.17) is 21.1 Å². The van der Waals surface area contributed by atoms with E-state index in [1.165, 1.54) is 0 Å². The van der Waals surface area contributed by atoms with Gasteiger partial charge in [-0.3, -0.25) is 0 Å². The highest BCUT2D eigenvalue weighted by Gasteiger charge is 1.99. The van der Waals surface area contributed by atoms with Crippen LogP contribution >= 0.6 is 27.5 Å². The minimum atomic E-state index is 0.616. The molecule has 0 aromatic heterocycles. The Morgan fingerprint density at radius 1 is 0.842 bits per heavy atom. The number of alkyl halides is 1. The molecule has 0 saturated heterocycles. The number of hydrogen-bond donors (Lipinski definition) is 0. The molecule has 0 aliphatic carbocycles. The maximum Gasteiger partial charge on any atom is 0.127 e. The van der Waals surface area contributed by atoms with Crippen molar-refractivity contribution in [2.75, 3.05) is 12.5 Å². The first kappa shape index (κ1) is 14.2. The van der Waals surface area contributed by atoms with Crippen LogP contribution < -0.4 is 9.47 Å². The predicted octanol–water partition coefficient (Wildman–Crippen LogP) is 5.25. The molecule has 0 spiro atoms. The van der Waals surface area contributed by atoms with Gasteiger partial charge in [0.15, 0.2) is 0 Å². The van der Waals surface area contributed by atoms with Gasteiger partial charge in [-0.25, -0.2) is 0 Å². The highest BCUT2D eigenvalue weighted by molar-refractivity contribution is 9.10. The first-order chi connectivity index (χ1) is 9.28. The van der Waals surface area contributed by atoms with Gasteiger partial charge < -0.3 is 9.47 Å². The van der Waals surface area contributed by atoms with Gasteiger partial charge in [-0.1, -0.05) is 15.9 Å². The Morgan fingerprint density at radius 3 is 1.95 bits per heavy atom. The van der Waals surface area contributed by atoms with Crippen LogP contribution in [0.2, 0.25) is 0 Å². The van der Waals surface area contributed by atoms with Crippen LogP contribution in [0, 0.1) is 0 Å². The molecule has 2 rings (SSSR count). The van der Waals surface area contributed by atoms with Crippen molar-refractivity contribution in [2.45, 2.75) is 6.42 Å². The fraction of sp³-hybridized carbons (Fsp3) is 0.200. The maximum absolute atomic E-state index is 5.72. The van der Waals surface area contributed by atoms with Gasteiger partial charge in [0.05, 0.1) is 6.61 Å². The largest absolute Gasteiger partial charge is 0.494 e. The van der Waals surface area contributed by atoms with Gasteiger partial charge >= 0.3 is 0 Å². The average Bonchev–Trinajstić information content (AvgIpc) is 2.44. The summed E-state index contributed by atoms with van der Waals surface area (Å²) in [5.41, 5.74) is 0. The molecule has 4 heteroatoms. The fourth-order valence-electron chi connectivity index (χ4n) is 1.49. The van der Waals surface area contributed by atoms with Crippen LogP contribution in [0.25, 0.3) is 0 Å². The van der Waals surface area contributed by atoms with Crippen LogP contribution in [0.1, 0.15) is 6.42 Å². The zero-order valence-electron chi connectivity index (χ0n) is 10.3. The van der Waals surface area contributed by atoms with Gasteiger partial charge in [0.1, 0.15) is 17.2 Å². The van der Waals surface area contributed by atoms with E-state index in [0.717, 1.165) is 28.1 Å². The van der Waals surface area contributed by atoms with Crippen molar-refractivity contribution in [3.8, 4) is 17.2 Å². The number of benzene rings is 2. The minimum absolute atomic E-state index is 0.616. The molecule has 0 atom stereocenters. The lowest BCUT2D eigenvalue weighted by Gasteiger charge is -2.08. The Hall–Kier alpha value is -1.19. The van der Waals surface area contributed by atoms with Crippen molar-refractivity contribution < 1.29 is 9.47 Å². The summed E-state index contributed by atoms with van der Waals surface area (Å²) in [6.45, 7) is 0.635. The van der Waals surface area contributed by atoms with E-state index >= 15 is 0 Å².